The quantitative estimate of drug-likeness (QED) is 0.259. The molecule has 9 heteroatoms. The molecule has 3 aromatic rings. The van der Waals surface area contributed by atoms with Gasteiger partial charge in [0, 0.05) is 33.7 Å². The maximum Gasteiger partial charge on any atom is 0.349 e. The molecule has 0 aliphatic carbocycles. The summed E-state index contributed by atoms with van der Waals surface area (Å²) in [6, 6.07) is 25.6. The van der Waals surface area contributed by atoms with Gasteiger partial charge < -0.3 is 23.6 Å². The van der Waals surface area contributed by atoms with Crippen LogP contribution in [0.25, 0.3) is 0 Å². The van der Waals surface area contributed by atoms with Gasteiger partial charge in [0.2, 0.25) is 0 Å². The number of nitrogens with zero attached hydrogens (tertiary/aromatic N) is 2. The van der Waals surface area contributed by atoms with Crippen molar-refractivity contribution in [3.63, 3.8) is 0 Å². The first-order valence-electron chi connectivity index (χ1n) is 12.5. The first-order valence-corrected chi connectivity index (χ1v) is 14.2. The number of esters is 1. The third-order valence-corrected chi connectivity index (χ3v) is 8.47. The van der Waals surface area contributed by atoms with Gasteiger partial charge in [-0.3, -0.25) is 4.57 Å². The van der Waals surface area contributed by atoms with Crippen LogP contribution in [0.1, 0.15) is 22.3 Å². The van der Waals surface area contributed by atoms with Crippen molar-refractivity contribution in [1.82, 2.24) is 9.80 Å². The number of hydrogen-bond acceptors (Lipinski definition) is 6. The second-order valence-corrected chi connectivity index (χ2v) is 11.3. The van der Waals surface area contributed by atoms with E-state index in [4.69, 9.17) is 13.8 Å². The predicted octanol–water partition coefficient (Wildman–Crippen LogP) is 5.26. The summed E-state index contributed by atoms with van der Waals surface area (Å²) >= 11 is 0. The Morgan fingerprint density at radius 2 is 1.45 bits per heavy atom. The van der Waals surface area contributed by atoms with E-state index in [0.29, 0.717) is 12.8 Å². The Hall–Kier alpha value is -3.45. The summed E-state index contributed by atoms with van der Waals surface area (Å²) < 4.78 is 29.1. The van der Waals surface area contributed by atoms with Crippen molar-refractivity contribution in [2.75, 3.05) is 27.1 Å². The highest BCUT2D eigenvalue weighted by molar-refractivity contribution is 7.53. The van der Waals surface area contributed by atoms with Crippen LogP contribution < -0.4 is 0 Å². The van der Waals surface area contributed by atoms with Gasteiger partial charge in [-0.05, 0) is 28.7 Å². The SMILES string of the molecule is COP(=O)(CN(CCc1ccccc1)C(=O)N1Cc2ccccc2C[C@@H]1C(=O)OCc1ccccc1)OC. The highest BCUT2D eigenvalue weighted by atomic mass is 31.2. The number of ether oxygens (including phenoxy) is 1. The van der Waals surface area contributed by atoms with Crippen LogP contribution in [0.15, 0.2) is 84.9 Å². The van der Waals surface area contributed by atoms with Gasteiger partial charge in [0.05, 0.1) is 0 Å². The van der Waals surface area contributed by atoms with Crippen LogP contribution >= 0.6 is 7.60 Å². The number of carbonyl (C=O) groups is 2. The molecule has 0 saturated heterocycles. The van der Waals surface area contributed by atoms with Crippen LogP contribution in [0.3, 0.4) is 0 Å². The van der Waals surface area contributed by atoms with Crippen LogP contribution in [-0.4, -0.2) is 54.9 Å². The highest BCUT2D eigenvalue weighted by Gasteiger charge is 2.39. The molecule has 1 atom stereocenters. The molecule has 0 spiro atoms. The molecule has 1 heterocycles. The molecule has 0 saturated carbocycles. The number of benzene rings is 3. The molecular formula is C29H33N2O6P. The summed E-state index contributed by atoms with van der Waals surface area (Å²) in [5, 5.41) is 0. The standard InChI is InChI=1S/C29H33N2O6P/c1-35-38(34,36-2)22-30(18-17-23-11-5-3-6-12-23)29(33)31-20-26-16-10-9-15-25(26)19-27(31)28(32)37-21-24-13-7-4-8-14-24/h3-16,27H,17-22H2,1-2H3/t27-/m1/s1. The normalized spacial score (nSPS) is 15.0. The summed E-state index contributed by atoms with van der Waals surface area (Å²) in [6.45, 7) is 0.607. The fraction of sp³-hybridized carbons (Fsp3) is 0.310. The van der Waals surface area contributed by atoms with E-state index in [0.717, 1.165) is 22.3 Å². The Balaban J connectivity index is 1.59. The van der Waals surface area contributed by atoms with Gasteiger partial charge in [-0.25, -0.2) is 9.59 Å². The minimum Gasteiger partial charge on any atom is -0.459 e. The summed E-state index contributed by atoms with van der Waals surface area (Å²) in [5.74, 6) is -0.485. The zero-order chi connectivity index (χ0) is 27.0. The molecule has 0 bridgehead atoms. The molecule has 1 aliphatic rings. The number of fused-ring (bicyclic) bond motifs is 1. The lowest BCUT2D eigenvalue weighted by Crippen LogP contribution is -2.54. The minimum atomic E-state index is -3.56. The monoisotopic (exact) mass is 536 g/mol. The van der Waals surface area contributed by atoms with Gasteiger partial charge in [-0.1, -0.05) is 84.9 Å². The fourth-order valence-corrected chi connectivity index (χ4v) is 5.54. The first-order chi connectivity index (χ1) is 18.4. The van der Waals surface area contributed by atoms with E-state index < -0.39 is 25.6 Å². The number of hydrogen-bond donors (Lipinski definition) is 0. The van der Waals surface area contributed by atoms with Gasteiger partial charge >= 0.3 is 19.6 Å². The maximum atomic E-state index is 14.0. The summed E-state index contributed by atoms with van der Waals surface area (Å²) in [4.78, 5) is 30.4. The third kappa shape index (κ3) is 6.90. The van der Waals surface area contributed by atoms with Gasteiger partial charge in [0.1, 0.15) is 18.9 Å². The average Bonchev–Trinajstić information content (AvgIpc) is 2.98. The van der Waals surface area contributed by atoms with E-state index in [-0.39, 0.29) is 26.0 Å². The van der Waals surface area contributed by atoms with Crippen molar-refractivity contribution >= 4 is 19.6 Å². The Morgan fingerprint density at radius 3 is 2.08 bits per heavy atom. The van der Waals surface area contributed by atoms with E-state index in [1.54, 1.807) is 0 Å². The van der Waals surface area contributed by atoms with Gasteiger partial charge in [0.15, 0.2) is 0 Å². The molecule has 2 amide bonds. The van der Waals surface area contributed by atoms with E-state index in [1.165, 1.54) is 24.0 Å². The van der Waals surface area contributed by atoms with E-state index in [2.05, 4.69) is 0 Å². The largest absolute Gasteiger partial charge is 0.459 e. The minimum absolute atomic E-state index is 0.111. The van der Waals surface area contributed by atoms with Crippen molar-refractivity contribution in [3.05, 3.63) is 107 Å². The van der Waals surface area contributed by atoms with E-state index in [9.17, 15) is 14.2 Å². The van der Waals surface area contributed by atoms with Crippen molar-refractivity contribution in [1.29, 1.82) is 0 Å². The maximum absolute atomic E-state index is 14.0. The molecule has 0 fully saturated rings. The Kier molecular flexibility index (Phi) is 9.34. The molecule has 3 aromatic carbocycles. The number of carbonyl (C=O) groups excluding carboxylic acids is 2. The third-order valence-electron chi connectivity index (χ3n) is 6.67. The van der Waals surface area contributed by atoms with Crippen LogP contribution in [0.4, 0.5) is 4.79 Å². The number of urea groups is 1. The molecule has 200 valence electrons. The first kappa shape index (κ1) is 27.6. The summed E-state index contributed by atoms with van der Waals surface area (Å²) in [5.41, 5.74) is 3.84. The topological polar surface area (TPSA) is 85.4 Å². The second kappa shape index (κ2) is 12.9. The molecule has 0 N–H and O–H groups in total. The molecule has 8 nitrogen and oxygen atoms in total. The van der Waals surface area contributed by atoms with Crippen LogP contribution in [0.2, 0.25) is 0 Å². The zero-order valence-electron chi connectivity index (χ0n) is 21.7. The smallest absolute Gasteiger partial charge is 0.349 e. The van der Waals surface area contributed by atoms with E-state index >= 15 is 0 Å². The van der Waals surface area contributed by atoms with Crippen molar-refractivity contribution < 1.29 is 27.9 Å². The molecule has 0 unspecified atom stereocenters. The number of rotatable bonds is 10. The lowest BCUT2D eigenvalue weighted by atomic mass is 9.94. The van der Waals surface area contributed by atoms with Crippen LogP contribution in [0.5, 0.6) is 0 Å². The van der Waals surface area contributed by atoms with Crippen molar-refractivity contribution in [2.45, 2.75) is 32.0 Å². The molecule has 4 rings (SSSR count). The van der Waals surface area contributed by atoms with E-state index in [1.807, 2.05) is 84.9 Å². The van der Waals surface area contributed by atoms with Crippen molar-refractivity contribution in [2.24, 2.45) is 0 Å². The zero-order valence-corrected chi connectivity index (χ0v) is 22.6. The summed E-state index contributed by atoms with van der Waals surface area (Å²) in [6.07, 6.45) is 0.622. The fourth-order valence-electron chi connectivity index (χ4n) is 4.48. The molecule has 0 radical (unpaired) electrons. The predicted molar refractivity (Wildman–Crippen MR) is 144 cm³/mol. The van der Waals surface area contributed by atoms with Gasteiger partial charge in [-0.2, -0.15) is 0 Å². The molecule has 1 aliphatic heterocycles. The molecule has 38 heavy (non-hydrogen) atoms. The Morgan fingerprint density at radius 1 is 0.868 bits per heavy atom. The summed E-state index contributed by atoms with van der Waals surface area (Å²) in [7, 11) is -0.970. The highest BCUT2D eigenvalue weighted by Crippen LogP contribution is 2.47. The number of amides is 2. The molecule has 0 aromatic heterocycles. The Labute approximate surface area is 223 Å². The second-order valence-electron chi connectivity index (χ2n) is 9.11. The van der Waals surface area contributed by atoms with Crippen LogP contribution in [0, 0.1) is 0 Å². The average molecular weight is 537 g/mol. The van der Waals surface area contributed by atoms with Crippen molar-refractivity contribution in [3.8, 4) is 0 Å². The molecular weight excluding hydrogens is 503 g/mol. The van der Waals surface area contributed by atoms with Gasteiger partial charge in [-0.15, -0.1) is 0 Å². The lowest BCUT2D eigenvalue weighted by molar-refractivity contribution is -0.151. The Bertz CT molecular complexity index is 1260. The van der Waals surface area contributed by atoms with Crippen LogP contribution in [-0.2, 0) is 49.1 Å². The lowest BCUT2D eigenvalue weighted by Gasteiger charge is -2.39. The van der Waals surface area contributed by atoms with Gasteiger partial charge in [0.25, 0.3) is 0 Å².